The number of hydrogen-bond acceptors (Lipinski definition) is 5. The number of rotatable bonds is 3. The molecule has 2 saturated heterocycles. The second-order valence-corrected chi connectivity index (χ2v) is 7.79. The Hall–Kier alpha value is -0.980. The predicted octanol–water partition coefficient (Wildman–Crippen LogP) is 0.385. The van der Waals surface area contributed by atoms with E-state index in [1.54, 1.807) is 6.20 Å². The summed E-state index contributed by atoms with van der Waals surface area (Å²) < 4.78 is 24.0. The molecular formula is C14H21N3O2S. The van der Waals surface area contributed by atoms with Gasteiger partial charge in [0.25, 0.3) is 0 Å². The topological polar surface area (TPSA) is 53.5 Å². The van der Waals surface area contributed by atoms with Gasteiger partial charge in [0.2, 0.25) is 0 Å². The first kappa shape index (κ1) is 14.0. The zero-order valence-corrected chi connectivity index (χ0v) is 12.6. The third-order valence-corrected chi connectivity index (χ3v) is 6.10. The quantitative estimate of drug-likeness (QED) is 0.807. The standard InChI is InChI=1S/C14H21N3O2S/c1-2-16-7-8-17(9-12-5-3-4-6-15-12)14-11-20(18,19)10-13(14)16/h3-6,13-14H,2,7-11H2,1H3/t13-,14+/m0/s1. The molecule has 0 bridgehead atoms. The van der Waals surface area contributed by atoms with Crippen LogP contribution in [-0.4, -0.2) is 66.4 Å². The maximum atomic E-state index is 12.0. The van der Waals surface area contributed by atoms with Crippen molar-refractivity contribution in [2.75, 3.05) is 31.1 Å². The first-order valence-corrected chi connectivity index (χ1v) is 8.99. The molecule has 1 aromatic heterocycles. The molecule has 20 heavy (non-hydrogen) atoms. The molecule has 1 aromatic rings. The van der Waals surface area contributed by atoms with E-state index in [0.29, 0.717) is 11.5 Å². The summed E-state index contributed by atoms with van der Waals surface area (Å²) in [6.45, 7) is 5.64. The molecular weight excluding hydrogens is 274 g/mol. The molecule has 2 aliphatic heterocycles. The Morgan fingerprint density at radius 1 is 1.20 bits per heavy atom. The molecule has 3 rings (SSSR count). The molecule has 2 atom stereocenters. The van der Waals surface area contributed by atoms with Crippen LogP contribution in [0.2, 0.25) is 0 Å². The van der Waals surface area contributed by atoms with Gasteiger partial charge in [-0.1, -0.05) is 13.0 Å². The van der Waals surface area contributed by atoms with Crippen molar-refractivity contribution in [2.45, 2.75) is 25.6 Å². The number of hydrogen-bond donors (Lipinski definition) is 0. The molecule has 0 N–H and O–H groups in total. The third kappa shape index (κ3) is 2.73. The van der Waals surface area contributed by atoms with Crippen molar-refractivity contribution in [2.24, 2.45) is 0 Å². The van der Waals surface area contributed by atoms with Crippen molar-refractivity contribution in [1.29, 1.82) is 0 Å². The highest BCUT2D eigenvalue weighted by Crippen LogP contribution is 2.27. The van der Waals surface area contributed by atoms with Crippen molar-refractivity contribution in [3.8, 4) is 0 Å². The van der Waals surface area contributed by atoms with Gasteiger partial charge in [0, 0.05) is 37.9 Å². The first-order chi connectivity index (χ1) is 9.59. The van der Waals surface area contributed by atoms with Crippen molar-refractivity contribution in [3.63, 3.8) is 0 Å². The molecule has 3 heterocycles. The van der Waals surface area contributed by atoms with E-state index in [-0.39, 0.29) is 12.1 Å². The summed E-state index contributed by atoms with van der Waals surface area (Å²) in [6.07, 6.45) is 1.79. The van der Waals surface area contributed by atoms with Gasteiger partial charge in [-0.2, -0.15) is 0 Å². The van der Waals surface area contributed by atoms with E-state index in [2.05, 4.69) is 21.7 Å². The van der Waals surface area contributed by atoms with Crippen molar-refractivity contribution >= 4 is 9.84 Å². The minimum atomic E-state index is -2.90. The van der Waals surface area contributed by atoms with Gasteiger partial charge in [-0.05, 0) is 18.7 Å². The minimum absolute atomic E-state index is 0.121. The number of likely N-dealkylation sites (N-methyl/N-ethyl adjacent to an activating group) is 1. The summed E-state index contributed by atoms with van der Waals surface area (Å²) in [7, 11) is -2.90. The summed E-state index contributed by atoms with van der Waals surface area (Å²) in [4.78, 5) is 8.96. The van der Waals surface area contributed by atoms with Crippen LogP contribution in [0.5, 0.6) is 0 Å². The van der Waals surface area contributed by atoms with E-state index < -0.39 is 9.84 Å². The molecule has 0 aliphatic carbocycles. The Labute approximate surface area is 120 Å². The summed E-state index contributed by atoms with van der Waals surface area (Å²) in [6, 6.07) is 6.16. The maximum absolute atomic E-state index is 12.0. The van der Waals surface area contributed by atoms with Crippen LogP contribution < -0.4 is 0 Å². The van der Waals surface area contributed by atoms with Crippen LogP contribution in [0.1, 0.15) is 12.6 Å². The molecule has 6 heteroatoms. The fraction of sp³-hybridized carbons (Fsp3) is 0.643. The van der Waals surface area contributed by atoms with Crippen LogP contribution >= 0.6 is 0 Å². The van der Waals surface area contributed by atoms with Gasteiger partial charge in [0.15, 0.2) is 9.84 Å². The maximum Gasteiger partial charge on any atom is 0.153 e. The Morgan fingerprint density at radius 3 is 2.55 bits per heavy atom. The average molecular weight is 295 g/mol. The Balaban J connectivity index is 1.79. The lowest BCUT2D eigenvalue weighted by molar-refractivity contribution is 0.0431. The molecule has 110 valence electrons. The lowest BCUT2D eigenvalue weighted by Crippen LogP contribution is -2.58. The number of piperazine rings is 1. The highest BCUT2D eigenvalue weighted by atomic mass is 32.2. The smallest absolute Gasteiger partial charge is 0.153 e. The van der Waals surface area contributed by atoms with Crippen molar-refractivity contribution < 1.29 is 8.42 Å². The number of aromatic nitrogens is 1. The lowest BCUT2D eigenvalue weighted by Gasteiger charge is -2.43. The molecule has 2 fully saturated rings. The van der Waals surface area contributed by atoms with Crippen LogP contribution in [-0.2, 0) is 16.4 Å². The Bertz CT molecular complexity index is 561. The molecule has 0 saturated carbocycles. The molecule has 0 amide bonds. The van der Waals surface area contributed by atoms with Crippen LogP contribution in [0.25, 0.3) is 0 Å². The van der Waals surface area contributed by atoms with Crippen LogP contribution in [0.3, 0.4) is 0 Å². The van der Waals surface area contributed by atoms with Gasteiger partial charge in [-0.15, -0.1) is 0 Å². The van der Waals surface area contributed by atoms with E-state index in [1.807, 2.05) is 18.2 Å². The monoisotopic (exact) mass is 295 g/mol. The zero-order valence-electron chi connectivity index (χ0n) is 11.8. The average Bonchev–Trinajstić information content (AvgIpc) is 2.76. The van der Waals surface area contributed by atoms with Gasteiger partial charge in [0.1, 0.15) is 0 Å². The molecule has 2 aliphatic rings. The molecule has 0 unspecified atom stereocenters. The summed E-state index contributed by atoms with van der Waals surface area (Å²) in [5, 5.41) is 0. The van der Waals surface area contributed by atoms with Crippen LogP contribution in [0, 0.1) is 0 Å². The van der Waals surface area contributed by atoms with E-state index in [0.717, 1.165) is 31.9 Å². The van der Waals surface area contributed by atoms with Gasteiger partial charge >= 0.3 is 0 Å². The highest BCUT2D eigenvalue weighted by molar-refractivity contribution is 7.91. The zero-order chi connectivity index (χ0) is 14.2. The summed E-state index contributed by atoms with van der Waals surface area (Å²) in [5.74, 6) is 0.602. The Kier molecular flexibility index (Phi) is 3.79. The molecule has 5 nitrogen and oxygen atoms in total. The third-order valence-electron chi connectivity index (χ3n) is 4.40. The van der Waals surface area contributed by atoms with Crippen LogP contribution in [0.15, 0.2) is 24.4 Å². The van der Waals surface area contributed by atoms with E-state index in [4.69, 9.17) is 0 Å². The van der Waals surface area contributed by atoms with Crippen molar-refractivity contribution in [1.82, 2.24) is 14.8 Å². The van der Waals surface area contributed by atoms with Crippen molar-refractivity contribution in [3.05, 3.63) is 30.1 Å². The van der Waals surface area contributed by atoms with Gasteiger partial charge in [-0.3, -0.25) is 14.8 Å². The van der Waals surface area contributed by atoms with E-state index in [9.17, 15) is 8.42 Å². The van der Waals surface area contributed by atoms with Gasteiger partial charge in [0.05, 0.1) is 17.2 Å². The normalized spacial score (nSPS) is 30.2. The summed E-state index contributed by atoms with van der Waals surface area (Å²) >= 11 is 0. The minimum Gasteiger partial charge on any atom is -0.297 e. The number of nitrogens with zero attached hydrogens (tertiary/aromatic N) is 3. The second-order valence-electron chi connectivity index (χ2n) is 5.63. The van der Waals surface area contributed by atoms with E-state index in [1.165, 1.54) is 0 Å². The molecule has 0 radical (unpaired) electrons. The number of fused-ring (bicyclic) bond motifs is 1. The first-order valence-electron chi connectivity index (χ1n) is 7.17. The SMILES string of the molecule is CCN1CCN(Cc2ccccn2)[C@@H]2CS(=O)(=O)C[C@@H]21. The fourth-order valence-electron chi connectivity index (χ4n) is 3.39. The largest absolute Gasteiger partial charge is 0.297 e. The Morgan fingerprint density at radius 2 is 1.90 bits per heavy atom. The van der Waals surface area contributed by atoms with Gasteiger partial charge in [-0.25, -0.2) is 8.42 Å². The molecule has 0 spiro atoms. The lowest BCUT2D eigenvalue weighted by atomic mass is 10.0. The summed E-state index contributed by atoms with van der Waals surface area (Å²) in [5.41, 5.74) is 1.01. The second kappa shape index (κ2) is 5.42. The van der Waals surface area contributed by atoms with Crippen LogP contribution in [0.4, 0.5) is 0 Å². The van der Waals surface area contributed by atoms with Gasteiger partial charge < -0.3 is 0 Å². The predicted molar refractivity (Wildman–Crippen MR) is 78.1 cm³/mol. The fourth-order valence-corrected chi connectivity index (χ4v) is 5.43. The number of sulfone groups is 1. The number of pyridine rings is 1. The van der Waals surface area contributed by atoms with E-state index >= 15 is 0 Å². The molecule has 0 aromatic carbocycles. The highest BCUT2D eigenvalue weighted by Gasteiger charge is 2.45.